The lowest BCUT2D eigenvalue weighted by molar-refractivity contribution is 0.112. The molecule has 2 aromatic heterocycles. The van der Waals surface area contributed by atoms with Crippen molar-refractivity contribution in [2.75, 3.05) is 0 Å². The zero-order valence-corrected chi connectivity index (χ0v) is 10.3. The van der Waals surface area contributed by atoms with Crippen LogP contribution in [0.5, 0.6) is 0 Å². The molecule has 0 radical (unpaired) electrons. The highest BCUT2D eigenvalue weighted by atomic mass is 32.1. The van der Waals surface area contributed by atoms with Crippen molar-refractivity contribution in [2.24, 2.45) is 0 Å². The SMILES string of the molecule is Cc1ncc(Cn2nc(C)c(C=O)c2C)s1. The maximum Gasteiger partial charge on any atom is 0.153 e. The Morgan fingerprint density at radius 2 is 2.19 bits per heavy atom. The molecular formula is C11H13N3OS. The number of nitrogens with zero attached hydrogens (tertiary/aromatic N) is 3. The van der Waals surface area contributed by atoms with Crippen molar-refractivity contribution >= 4 is 17.6 Å². The summed E-state index contributed by atoms with van der Waals surface area (Å²) in [6, 6.07) is 0. The smallest absolute Gasteiger partial charge is 0.153 e. The molecule has 2 rings (SSSR count). The molecule has 0 saturated heterocycles. The second-order valence-corrected chi connectivity index (χ2v) is 5.02. The van der Waals surface area contributed by atoms with E-state index in [9.17, 15) is 4.79 Å². The zero-order chi connectivity index (χ0) is 11.7. The Morgan fingerprint density at radius 1 is 1.44 bits per heavy atom. The van der Waals surface area contributed by atoms with Gasteiger partial charge in [0, 0.05) is 16.8 Å². The molecule has 2 aromatic rings. The quantitative estimate of drug-likeness (QED) is 0.766. The van der Waals surface area contributed by atoms with Gasteiger partial charge in [-0.25, -0.2) is 4.98 Å². The maximum absolute atomic E-state index is 10.9. The Labute approximate surface area is 97.9 Å². The average Bonchev–Trinajstić information content (AvgIpc) is 2.74. The minimum absolute atomic E-state index is 0.687. The van der Waals surface area contributed by atoms with Gasteiger partial charge in [0.05, 0.1) is 22.8 Å². The fraction of sp³-hybridized carbons (Fsp3) is 0.364. The number of carbonyl (C=O) groups excluding carboxylic acids is 1. The monoisotopic (exact) mass is 235 g/mol. The predicted octanol–water partition coefficient (Wildman–Crippen LogP) is 2.13. The van der Waals surface area contributed by atoms with Gasteiger partial charge in [-0.3, -0.25) is 9.48 Å². The third-order valence-electron chi connectivity index (χ3n) is 2.53. The van der Waals surface area contributed by atoms with E-state index in [-0.39, 0.29) is 0 Å². The molecule has 0 aromatic carbocycles. The van der Waals surface area contributed by atoms with Gasteiger partial charge in [0.2, 0.25) is 0 Å². The molecule has 0 saturated carbocycles. The first-order valence-corrected chi connectivity index (χ1v) is 5.84. The molecule has 0 atom stereocenters. The van der Waals surface area contributed by atoms with Crippen LogP contribution in [-0.2, 0) is 6.54 Å². The molecule has 0 fully saturated rings. The Hall–Kier alpha value is -1.49. The fourth-order valence-corrected chi connectivity index (χ4v) is 2.44. The largest absolute Gasteiger partial charge is 0.298 e. The molecule has 4 nitrogen and oxygen atoms in total. The van der Waals surface area contributed by atoms with Gasteiger partial charge in [-0.15, -0.1) is 11.3 Å². The van der Waals surface area contributed by atoms with Crippen molar-refractivity contribution in [1.29, 1.82) is 0 Å². The number of aromatic nitrogens is 3. The summed E-state index contributed by atoms with van der Waals surface area (Å²) in [6.45, 7) is 6.43. The van der Waals surface area contributed by atoms with Crippen molar-refractivity contribution in [3.63, 3.8) is 0 Å². The Morgan fingerprint density at radius 3 is 2.69 bits per heavy atom. The third kappa shape index (κ3) is 1.90. The van der Waals surface area contributed by atoms with Crippen LogP contribution in [0.25, 0.3) is 0 Å². The standard InChI is InChI=1S/C11H13N3OS/c1-7-11(6-15)8(2)14(13-7)5-10-4-12-9(3)16-10/h4,6H,5H2,1-3H3. The lowest BCUT2D eigenvalue weighted by atomic mass is 10.2. The van der Waals surface area contributed by atoms with Crippen LogP contribution in [0.1, 0.15) is 31.6 Å². The van der Waals surface area contributed by atoms with Gasteiger partial charge < -0.3 is 0 Å². The minimum Gasteiger partial charge on any atom is -0.298 e. The van der Waals surface area contributed by atoms with E-state index in [1.54, 1.807) is 11.3 Å². The van der Waals surface area contributed by atoms with Crippen molar-refractivity contribution in [3.8, 4) is 0 Å². The van der Waals surface area contributed by atoms with Crippen LogP contribution in [0.4, 0.5) is 0 Å². The summed E-state index contributed by atoms with van der Waals surface area (Å²) in [7, 11) is 0. The van der Waals surface area contributed by atoms with E-state index in [1.807, 2.05) is 31.6 Å². The average molecular weight is 235 g/mol. The van der Waals surface area contributed by atoms with Crippen LogP contribution in [-0.4, -0.2) is 21.1 Å². The minimum atomic E-state index is 0.687. The summed E-state index contributed by atoms with van der Waals surface area (Å²) in [6.07, 6.45) is 2.73. The van der Waals surface area contributed by atoms with E-state index in [4.69, 9.17) is 0 Å². The first kappa shape index (κ1) is 11.0. The van der Waals surface area contributed by atoms with Gasteiger partial charge >= 0.3 is 0 Å². The fourth-order valence-electron chi connectivity index (χ4n) is 1.66. The molecule has 2 heterocycles. The highest BCUT2D eigenvalue weighted by molar-refractivity contribution is 7.11. The van der Waals surface area contributed by atoms with Crippen LogP contribution < -0.4 is 0 Å². The molecule has 0 aliphatic rings. The van der Waals surface area contributed by atoms with Crippen LogP contribution >= 0.6 is 11.3 Å². The van der Waals surface area contributed by atoms with E-state index in [0.717, 1.165) is 27.6 Å². The molecule has 0 N–H and O–H groups in total. The van der Waals surface area contributed by atoms with Crippen LogP contribution in [0.15, 0.2) is 6.20 Å². The number of hydrogen-bond acceptors (Lipinski definition) is 4. The number of aryl methyl sites for hydroxylation is 2. The van der Waals surface area contributed by atoms with E-state index in [0.29, 0.717) is 12.1 Å². The van der Waals surface area contributed by atoms with Gasteiger partial charge in [-0.05, 0) is 20.8 Å². The summed E-state index contributed by atoms with van der Waals surface area (Å²) in [5.41, 5.74) is 2.40. The molecule has 0 aliphatic heterocycles. The van der Waals surface area contributed by atoms with Gasteiger partial charge in [-0.2, -0.15) is 5.10 Å². The summed E-state index contributed by atoms with van der Waals surface area (Å²) >= 11 is 1.65. The molecule has 0 spiro atoms. The molecule has 0 aliphatic carbocycles. The summed E-state index contributed by atoms with van der Waals surface area (Å²) in [5.74, 6) is 0. The third-order valence-corrected chi connectivity index (χ3v) is 3.43. The second-order valence-electron chi connectivity index (χ2n) is 3.71. The number of carbonyl (C=O) groups is 1. The molecule has 0 bridgehead atoms. The van der Waals surface area contributed by atoms with Gasteiger partial charge in [-0.1, -0.05) is 0 Å². The number of rotatable bonds is 3. The first-order valence-electron chi connectivity index (χ1n) is 5.02. The summed E-state index contributed by atoms with van der Waals surface area (Å²) in [5, 5.41) is 5.40. The molecule has 16 heavy (non-hydrogen) atoms. The Bertz CT molecular complexity index is 527. The van der Waals surface area contributed by atoms with E-state index in [2.05, 4.69) is 10.1 Å². The first-order chi connectivity index (χ1) is 7.61. The maximum atomic E-state index is 10.9. The van der Waals surface area contributed by atoms with Crippen molar-refractivity contribution in [2.45, 2.75) is 27.3 Å². The van der Waals surface area contributed by atoms with Gasteiger partial charge in [0.25, 0.3) is 0 Å². The molecule has 0 amide bonds. The van der Waals surface area contributed by atoms with Gasteiger partial charge in [0.1, 0.15) is 0 Å². The molecule has 5 heteroatoms. The second kappa shape index (κ2) is 4.17. The van der Waals surface area contributed by atoms with E-state index >= 15 is 0 Å². The van der Waals surface area contributed by atoms with Crippen LogP contribution in [0.3, 0.4) is 0 Å². The highest BCUT2D eigenvalue weighted by Gasteiger charge is 2.11. The number of hydrogen-bond donors (Lipinski definition) is 0. The molecule has 84 valence electrons. The lowest BCUT2D eigenvalue weighted by Gasteiger charge is -2.00. The lowest BCUT2D eigenvalue weighted by Crippen LogP contribution is -2.02. The van der Waals surface area contributed by atoms with Crippen LogP contribution in [0, 0.1) is 20.8 Å². The topological polar surface area (TPSA) is 47.8 Å². The molecule has 0 unspecified atom stereocenters. The van der Waals surface area contributed by atoms with Crippen LogP contribution in [0.2, 0.25) is 0 Å². The normalized spacial score (nSPS) is 10.7. The predicted molar refractivity (Wildman–Crippen MR) is 63.0 cm³/mol. The van der Waals surface area contributed by atoms with Crippen molar-refractivity contribution in [3.05, 3.63) is 33.0 Å². The number of aldehydes is 1. The highest BCUT2D eigenvalue weighted by Crippen LogP contribution is 2.16. The summed E-state index contributed by atoms with van der Waals surface area (Å²) < 4.78 is 1.85. The van der Waals surface area contributed by atoms with Crippen molar-refractivity contribution in [1.82, 2.24) is 14.8 Å². The van der Waals surface area contributed by atoms with Crippen molar-refractivity contribution < 1.29 is 4.79 Å². The summed E-state index contributed by atoms with van der Waals surface area (Å²) in [4.78, 5) is 16.2. The Balaban J connectivity index is 2.31. The van der Waals surface area contributed by atoms with E-state index in [1.165, 1.54) is 0 Å². The zero-order valence-electron chi connectivity index (χ0n) is 9.52. The number of thiazole rings is 1. The van der Waals surface area contributed by atoms with E-state index < -0.39 is 0 Å². The van der Waals surface area contributed by atoms with Gasteiger partial charge in [0.15, 0.2) is 6.29 Å². The Kier molecular flexibility index (Phi) is 2.87. The molecular weight excluding hydrogens is 222 g/mol.